The van der Waals surface area contributed by atoms with Crippen molar-refractivity contribution in [1.29, 1.82) is 0 Å². The Morgan fingerprint density at radius 2 is 1.88 bits per heavy atom. The summed E-state index contributed by atoms with van der Waals surface area (Å²) >= 11 is 0. The number of aryl methyl sites for hydroxylation is 1. The first-order valence-corrected chi connectivity index (χ1v) is 7.93. The minimum Gasteiger partial charge on any atom is -0.457 e. The van der Waals surface area contributed by atoms with Gasteiger partial charge < -0.3 is 15.8 Å². The van der Waals surface area contributed by atoms with Crippen LogP contribution in [0, 0.1) is 6.92 Å². The first kappa shape index (κ1) is 16.5. The molecule has 0 saturated heterocycles. The van der Waals surface area contributed by atoms with Crippen molar-refractivity contribution in [1.82, 2.24) is 4.98 Å². The zero-order valence-electron chi connectivity index (χ0n) is 13.9. The van der Waals surface area contributed by atoms with Crippen LogP contribution in [0.1, 0.15) is 21.6 Å². The molecule has 0 atom stereocenters. The summed E-state index contributed by atoms with van der Waals surface area (Å²) in [6.07, 6.45) is 1.86. The Bertz CT molecular complexity index is 859. The first-order valence-electron chi connectivity index (χ1n) is 7.93. The highest BCUT2D eigenvalue weighted by Gasteiger charge is 2.03. The molecule has 1 heterocycles. The topological polar surface area (TPSA) is 77.2 Å². The van der Waals surface area contributed by atoms with Crippen LogP contribution >= 0.6 is 0 Å². The van der Waals surface area contributed by atoms with Crippen molar-refractivity contribution in [2.75, 3.05) is 5.32 Å². The van der Waals surface area contributed by atoms with E-state index in [9.17, 15) is 4.79 Å². The van der Waals surface area contributed by atoms with Crippen LogP contribution in [-0.2, 0) is 6.54 Å². The Morgan fingerprint density at radius 1 is 1.08 bits per heavy atom. The van der Waals surface area contributed by atoms with E-state index in [1.807, 2.05) is 49.5 Å². The number of carbonyl (C=O) groups excluding carboxylic acids is 1. The number of ether oxygens (including phenoxy) is 1. The number of pyridine rings is 1. The SMILES string of the molecule is Cc1ccc(CNc2ccc(Oc3cccc(C(N)=O)c3)cc2)nc1. The fraction of sp³-hybridized carbons (Fsp3) is 0.100. The number of nitrogens with one attached hydrogen (secondary N) is 1. The average Bonchev–Trinajstić information content (AvgIpc) is 2.63. The summed E-state index contributed by atoms with van der Waals surface area (Å²) in [5, 5.41) is 3.32. The van der Waals surface area contributed by atoms with Gasteiger partial charge in [-0.05, 0) is 61.0 Å². The molecule has 25 heavy (non-hydrogen) atoms. The molecule has 126 valence electrons. The van der Waals surface area contributed by atoms with Crippen LogP contribution in [0.5, 0.6) is 11.5 Å². The number of nitrogens with two attached hydrogens (primary N) is 1. The molecule has 1 aromatic heterocycles. The molecule has 0 radical (unpaired) electrons. The van der Waals surface area contributed by atoms with Gasteiger partial charge in [0.2, 0.25) is 5.91 Å². The van der Waals surface area contributed by atoms with Crippen molar-refractivity contribution < 1.29 is 9.53 Å². The predicted octanol–water partition coefficient (Wildman–Crippen LogP) is 3.89. The van der Waals surface area contributed by atoms with Crippen molar-refractivity contribution in [3.63, 3.8) is 0 Å². The van der Waals surface area contributed by atoms with E-state index in [0.29, 0.717) is 23.6 Å². The molecule has 0 aliphatic carbocycles. The molecule has 1 amide bonds. The van der Waals surface area contributed by atoms with Crippen LogP contribution in [0.4, 0.5) is 5.69 Å². The van der Waals surface area contributed by atoms with Gasteiger partial charge >= 0.3 is 0 Å². The quantitative estimate of drug-likeness (QED) is 0.717. The lowest BCUT2D eigenvalue weighted by Crippen LogP contribution is -2.10. The second-order valence-electron chi connectivity index (χ2n) is 5.70. The number of nitrogens with zero attached hydrogens (tertiary/aromatic N) is 1. The van der Waals surface area contributed by atoms with Gasteiger partial charge in [0.25, 0.3) is 0 Å². The van der Waals surface area contributed by atoms with Crippen LogP contribution in [0.15, 0.2) is 66.9 Å². The lowest BCUT2D eigenvalue weighted by Gasteiger charge is -2.09. The van der Waals surface area contributed by atoms with E-state index < -0.39 is 5.91 Å². The summed E-state index contributed by atoms with van der Waals surface area (Å²) in [6.45, 7) is 2.67. The van der Waals surface area contributed by atoms with Crippen molar-refractivity contribution >= 4 is 11.6 Å². The molecule has 0 spiro atoms. The van der Waals surface area contributed by atoms with Crippen molar-refractivity contribution in [3.8, 4) is 11.5 Å². The molecule has 0 fully saturated rings. The average molecular weight is 333 g/mol. The first-order chi connectivity index (χ1) is 12.1. The van der Waals surface area contributed by atoms with E-state index in [1.165, 1.54) is 0 Å². The van der Waals surface area contributed by atoms with Gasteiger partial charge in [-0.15, -0.1) is 0 Å². The highest BCUT2D eigenvalue weighted by molar-refractivity contribution is 5.93. The highest BCUT2D eigenvalue weighted by Crippen LogP contribution is 2.24. The standard InChI is InChI=1S/C20H19N3O2/c1-14-5-6-17(22-12-14)13-23-16-7-9-18(10-8-16)25-19-4-2-3-15(11-19)20(21)24/h2-12,23H,13H2,1H3,(H2,21,24). The Morgan fingerprint density at radius 3 is 2.56 bits per heavy atom. The van der Waals surface area contributed by atoms with Crippen LogP contribution in [0.2, 0.25) is 0 Å². The van der Waals surface area contributed by atoms with Crippen LogP contribution in [0.3, 0.4) is 0 Å². The summed E-state index contributed by atoms with van der Waals surface area (Å²) in [7, 11) is 0. The Kier molecular flexibility index (Phi) is 4.95. The lowest BCUT2D eigenvalue weighted by atomic mass is 10.2. The van der Waals surface area contributed by atoms with Gasteiger partial charge in [-0.1, -0.05) is 12.1 Å². The Labute approximate surface area is 146 Å². The molecule has 0 saturated carbocycles. The van der Waals surface area contributed by atoms with E-state index in [-0.39, 0.29) is 0 Å². The summed E-state index contributed by atoms with van der Waals surface area (Å²) < 4.78 is 5.75. The monoisotopic (exact) mass is 333 g/mol. The van der Waals surface area contributed by atoms with E-state index in [1.54, 1.807) is 24.3 Å². The fourth-order valence-corrected chi connectivity index (χ4v) is 2.29. The number of aromatic nitrogens is 1. The number of amides is 1. The molecule has 5 heteroatoms. The number of anilines is 1. The number of benzene rings is 2. The summed E-state index contributed by atoms with van der Waals surface area (Å²) in [4.78, 5) is 15.6. The molecule has 0 bridgehead atoms. The third kappa shape index (κ3) is 4.57. The number of hydrogen-bond acceptors (Lipinski definition) is 4. The van der Waals surface area contributed by atoms with Crippen LogP contribution < -0.4 is 15.8 Å². The van der Waals surface area contributed by atoms with Gasteiger partial charge in [-0.3, -0.25) is 9.78 Å². The van der Waals surface area contributed by atoms with E-state index >= 15 is 0 Å². The van der Waals surface area contributed by atoms with Gasteiger partial charge in [0.05, 0.1) is 12.2 Å². The molecule has 0 aliphatic rings. The number of hydrogen-bond donors (Lipinski definition) is 2. The van der Waals surface area contributed by atoms with Gasteiger partial charge in [0, 0.05) is 17.4 Å². The minimum absolute atomic E-state index is 0.418. The third-order valence-corrected chi connectivity index (χ3v) is 3.65. The zero-order chi connectivity index (χ0) is 17.6. The number of rotatable bonds is 6. The maximum absolute atomic E-state index is 11.2. The van der Waals surface area contributed by atoms with E-state index in [2.05, 4.69) is 10.3 Å². The molecule has 0 unspecified atom stereocenters. The van der Waals surface area contributed by atoms with E-state index in [4.69, 9.17) is 10.5 Å². The second kappa shape index (κ2) is 7.49. The second-order valence-corrected chi connectivity index (χ2v) is 5.70. The van der Waals surface area contributed by atoms with Gasteiger partial charge in [0.15, 0.2) is 0 Å². The Balaban J connectivity index is 1.61. The molecule has 3 N–H and O–H groups in total. The summed E-state index contributed by atoms with van der Waals surface area (Å²) in [6, 6.07) is 18.4. The number of primary amides is 1. The van der Waals surface area contributed by atoms with Crippen molar-refractivity contribution in [2.45, 2.75) is 13.5 Å². The van der Waals surface area contributed by atoms with E-state index in [0.717, 1.165) is 16.9 Å². The maximum Gasteiger partial charge on any atom is 0.248 e. The van der Waals surface area contributed by atoms with Crippen molar-refractivity contribution in [3.05, 3.63) is 83.7 Å². The Hall–Kier alpha value is -3.34. The molecule has 2 aromatic carbocycles. The van der Waals surface area contributed by atoms with Gasteiger partial charge in [0.1, 0.15) is 11.5 Å². The van der Waals surface area contributed by atoms with Crippen LogP contribution in [0.25, 0.3) is 0 Å². The highest BCUT2D eigenvalue weighted by atomic mass is 16.5. The predicted molar refractivity (Wildman–Crippen MR) is 97.8 cm³/mol. The largest absolute Gasteiger partial charge is 0.457 e. The molecular formula is C20H19N3O2. The normalized spacial score (nSPS) is 10.3. The maximum atomic E-state index is 11.2. The van der Waals surface area contributed by atoms with Gasteiger partial charge in [-0.25, -0.2) is 0 Å². The molecule has 3 aromatic rings. The minimum atomic E-state index is -0.477. The van der Waals surface area contributed by atoms with Gasteiger partial charge in [-0.2, -0.15) is 0 Å². The zero-order valence-corrected chi connectivity index (χ0v) is 13.9. The summed E-state index contributed by atoms with van der Waals surface area (Å²) in [5.41, 5.74) is 8.79. The third-order valence-electron chi connectivity index (χ3n) is 3.65. The lowest BCUT2D eigenvalue weighted by molar-refractivity contribution is 0.1000. The molecular weight excluding hydrogens is 314 g/mol. The summed E-state index contributed by atoms with van der Waals surface area (Å²) in [5.74, 6) is 0.774. The molecule has 5 nitrogen and oxygen atoms in total. The smallest absolute Gasteiger partial charge is 0.248 e. The number of carbonyl (C=O) groups is 1. The molecule has 0 aliphatic heterocycles. The fourth-order valence-electron chi connectivity index (χ4n) is 2.29. The van der Waals surface area contributed by atoms with Crippen LogP contribution in [-0.4, -0.2) is 10.9 Å². The van der Waals surface area contributed by atoms with Crippen molar-refractivity contribution in [2.24, 2.45) is 5.73 Å². The molecule has 3 rings (SSSR count).